The molecule has 0 spiro atoms. The summed E-state index contributed by atoms with van der Waals surface area (Å²) in [7, 11) is 0. The van der Waals surface area contributed by atoms with Gasteiger partial charge in [-0.3, -0.25) is 14.7 Å². The first-order valence-corrected chi connectivity index (χ1v) is 14.0. The lowest BCUT2D eigenvalue weighted by atomic mass is 9.95. The van der Waals surface area contributed by atoms with E-state index in [-0.39, 0.29) is 28.3 Å². The van der Waals surface area contributed by atoms with Crippen LogP contribution >= 0.6 is 11.6 Å². The van der Waals surface area contributed by atoms with Crippen molar-refractivity contribution in [2.75, 3.05) is 19.7 Å². The van der Waals surface area contributed by atoms with Gasteiger partial charge in [0.1, 0.15) is 23.6 Å². The highest BCUT2D eigenvalue weighted by Crippen LogP contribution is 2.40. The van der Waals surface area contributed by atoms with Crippen molar-refractivity contribution in [3.63, 3.8) is 0 Å². The van der Waals surface area contributed by atoms with Gasteiger partial charge in [0.2, 0.25) is 5.56 Å². The number of hydrogen-bond acceptors (Lipinski definition) is 6. The molecule has 0 amide bonds. The van der Waals surface area contributed by atoms with Gasteiger partial charge in [-0.1, -0.05) is 29.8 Å². The second kappa shape index (κ2) is 9.85. The van der Waals surface area contributed by atoms with Crippen LogP contribution in [0, 0.1) is 18.6 Å². The zero-order valence-electron chi connectivity index (χ0n) is 22.3. The van der Waals surface area contributed by atoms with Gasteiger partial charge in [0.05, 0.1) is 21.8 Å². The topological polar surface area (TPSA) is 84.0 Å². The summed E-state index contributed by atoms with van der Waals surface area (Å²) in [6, 6.07) is 10.7. The summed E-state index contributed by atoms with van der Waals surface area (Å²) < 4.78 is 37.0. The molecule has 5 aromatic rings. The number of halogens is 3. The van der Waals surface area contributed by atoms with Gasteiger partial charge in [-0.25, -0.2) is 8.78 Å². The molecule has 0 radical (unpaired) electrons. The molecule has 7 nitrogen and oxygen atoms in total. The number of nitrogens with one attached hydrogen (secondary N) is 1. The highest BCUT2D eigenvalue weighted by Gasteiger charge is 2.45. The van der Waals surface area contributed by atoms with Gasteiger partial charge in [-0.2, -0.15) is 9.97 Å². The van der Waals surface area contributed by atoms with E-state index in [0.717, 1.165) is 44.3 Å². The van der Waals surface area contributed by atoms with Gasteiger partial charge in [0.15, 0.2) is 5.82 Å². The van der Waals surface area contributed by atoms with Gasteiger partial charge < -0.3 is 9.72 Å². The molecule has 0 bridgehead atoms. The predicted molar refractivity (Wildman–Crippen MR) is 154 cm³/mol. The number of aryl methyl sites for hydroxylation is 1. The third-order valence-electron chi connectivity index (χ3n) is 8.44. The molecule has 2 aliphatic heterocycles. The maximum atomic E-state index is 16.5. The smallest absolute Gasteiger partial charge is 0.317 e. The van der Waals surface area contributed by atoms with Gasteiger partial charge in [-0.05, 0) is 69.5 Å². The number of fused-ring (bicyclic) bond motifs is 3. The standard InChI is InChI=1S/C31H26ClF2N5O2/c1-17-7-8-22-24(25(17)32)20(14-23(40)36-22)28-26(34)29-21(15-35-28)27(18-5-2-6-19(33)13-18)37-30(38-29)41-16-31-9-3-11-39(31)12-4-10-31/h2,5-8,13-15H,3-4,9-12,16H2,1H3,(H,36,40). The molecule has 0 atom stereocenters. The lowest BCUT2D eigenvalue weighted by molar-refractivity contribution is 0.108. The van der Waals surface area contributed by atoms with E-state index in [0.29, 0.717) is 39.2 Å². The molecular formula is C31H26ClF2N5O2. The van der Waals surface area contributed by atoms with Crippen LogP contribution in [0.3, 0.4) is 0 Å². The highest BCUT2D eigenvalue weighted by molar-refractivity contribution is 6.37. The number of pyridine rings is 2. The first-order chi connectivity index (χ1) is 19.8. The summed E-state index contributed by atoms with van der Waals surface area (Å²) in [5.74, 6) is -1.20. The van der Waals surface area contributed by atoms with Crippen molar-refractivity contribution in [1.82, 2.24) is 24.8 Å². The van der Waals surface area contributed by atoms with Crippen LogP contribution in [-0.4, -0.2) is 50.1 Å². The van der Waals surface area contributed by atoms with Crippen LogP contribution in [0.5, 0.6) is 6.01 Å². The van der Waals surface area contributed by atoms with E-state index in [1.807, 2.05) is 6.92 Å². The Labute approximate surface area is 239 Å². The Morgan fingerprint density at radius 2 is 1.88 bits per heavy atom. The van der Waals surface area contributed by atoms with Crippen molar-refractivity contribution >= 4 is 33.4 Å². The summed E-state index contributed by atoms with van der Waals surface area (Å²) in [6.45, 7) is 4.28. The normalized spacial score (nSPS) is 16.5. The fourth-order valence-corrected chi connectivity index (χ4v) is 6.68. The summed E-state index contributed by atoms with van der Waals surface area (Å²) in [5, 5.41) is 1.16. The number of aromatic nitrogens is 4. The second-order valence-corrected chi connectivity index (χ2v) is 11.3. The van der Waals surface area contributed by atoms with E-state index in [4.69, 9.17) is 16.3 Å². The molecule has 2 saturated heterocycles. The second-order valence-electron chi connectivity index (χ2n) is 10.9. The van der Waals surface area contributed by atoms with Crippen molar-refractivity contribution < 1.29 is 13.5 Å². The Bertz CT molecular complexity index is 1900. The molecule has 0 unspecified atom stereocenters. The molecule has 10 heteroatoms. The maximum Gasteiger partial charge on any atom is 0.317 e. The SMILES string of the molecule is Cc1ccc2[nH]c(=O)cc(-c3ncc4c(-c5cccc(F)c5)nc(OCC56CCCN5CCC6)nc4c3F)c2c1Cl. The van der Waals surface area contributed by atoms with Gasteiger partial charge in [-0.15, -0.1) is 0 Å². The van der Waals surface area contributed by atoms with Gasteiger partial charge >= 0.3 is 6.01 Å². The van der Waals surface area contributed by atoms with Crippen molar-refractivity contribution in [3.8, 4) is 28.5 Å². The van der Waals surface area contributed by atoms with E-state index in [1.54, 1.807) is 24.3 Å². The molecule has 0 aliphatic carbocycles. The summed E-state index contributed by atoms with van der Waals surface area (Å²) in [6.07, 6.45) is 5.70. The van der Waals surface area contributed by atoms with Crippen LogP contribution in [0.1, 0.15) is 31.2 Å². The molecule has 0 saturated carbocycles. The molecule has 5 heterocycles. The molecular weight excluding hydrogens is 548 g/mol. The van der Waals surface area contributed by atoms with Gasteiger partial charge in [0.25, 0.3) is 0 Å². The minimum atomic E-state index is -0.751. The van der Waals surface area contributed by atoms with Crippen LogP contribution in [0.25, 0.3) is 44.3 Å². The molecule has 1 N–H and O–H groups in total. The van der Waals surface area contributed by atoms with Crippen LogP contribution in [-0.2, 0) is 0 Å². The van der Waals surface area contributed by atoms with Crippen molar-refractivity contribution in [2.45, 2.75) is 38.1 Å². The Hall–Kier alpha value is -3.95. The number of rotatable bonds is 5. The fraction of sp³-hybridized carbons (Fsp3) is 0.290. The Kier molecular flexibility index (Phi) is 6.24. The number of ether oxygens (including phenoxy) is 1. The van der Waals surface area contributed by atoms with Crippen LogP contribution in [0.4, 0.5) is 8.78 Å². The molecule has 2 aromatic carbocycles. The number of hydrogen-bond donors (Lipinski definition) is 1. The zero-order valence-corrected chi connectivity index (χ0v) is 23.1. The number of H-pyrrole nitrogens is 1. The third-order valence-corrected chi connectivity index (χ3v) is 8.92. The van der Waals surface area contributed by atoms with Crippen LogP contribution in [0.15, 0.2) is 53.5 Å². The summed E-state index contributed by atoms with van der Waals surface area (Å²) in [5.41, 5.74) is 1.63. The lowest BCUT2D eigenvalue weighted by Crippen LogP contribution is -2.43. The van der Waals surface area contributed by atoms with Crippen LogP contribution in [0.2, 0.25) is 5.02 Å². The highest BCUT2D eigenvalue weighted by atomic mass is 35.5. The number of nitrogens with zero attached hydrogens (tertiary/aromatic N) is 4. The molecule has 2 fully saturated rings. The van der Waals surface area contributed by atoms with Gasteiger partial charge in [0, 0.05) is 34.2 Å². The first kappa shape index (κ1) is 26.0. The van der Waals surface area contributed by atoms with E-state index in [9.17, 15) is 9.18 Å². The van der Waals surface area contributed by atoms with E-state index in [2.05, 4.69) is 24.8 Å². The van der Waals surface area contributed by atoms with E-state index < -0.39 is 17.2 Å². The average molecular weight is 574 g/mol. The Balaban J connectivity index is 1.42. The quantitative estimate of drug-likeness (QED) is 0.260. The van der Waals surface area contributed by atoms with Crippen LogP contribution < -0.4 is 10.3 Å². The fourth-order valence-electron chi connectivity index (χ4n) is 6.41. The lowest BCUT2D eigenvalue weighted by Gasteiger charge is -2.31. The average Bonchev–Trinajstić information content (AvgIpc) is 3.54. The minimum absolute atomic E-state index is 0.00517. The molecule has 2 aliphatic rings. The monoisotopic (exact) mass is 573 g/mol. The summed E-state index contributed by atoms with van der Waals surface area (Å²) in [4.78, 5) is 31.3. The molecule has 7 rings (SSSR count). The number of aromatic amines is 1. The maximum absolute atomic E-state index is 16.5. The summed E-state index contributed by atoms with van der Waals surface area (Å²) >= 11 is 6.64. The zero-order chi connectivity index (χ0) is 28.3. The van der Waals surface area contributed by atoms with Crippen molar-refractivity contribution in [2.24, 2.45) is 0 Å². The van der Waals surface area contributed by atoms with Crippen molar-refractivity contribution in [3.05, 3.63) is 81.2 Å². The minimum Gasteiger partial charge on any atom is -0.461 e. The number of benzene rings is 2. The first-order valence-electron chi connectivity index (χ1n) is 13.7. The predicted octanol–water partition coefficient (Wildman–Crippen LogP) is 6.45. The molecule has 41 heavy (non-hydrogen) atoms. The molecule has 3 aromatic heterocycles. The molecule has 208 valence electrons. The Morgan fingerprint density at radius 1 is 1.07 bits per heavy atom. The van der Waals surface area contributed by atoms with E-state index in [1.165, 1.54) is 24.4 Å². The largest absolute Gasteiger partial charge is 0.461 e. The van der Waals surface area contributed by atoms with E-state index >= 15 is 4.39 Å². The Morgan fingerprint density at radius 3 is 2.66 bits per heavy atom. The third kappa shape index (κ3) is 4.35. The van der Waals surface area contributed by atoms with Crippen molar-refractivity contribution in [1.29, 1.82) is 0 Å².